The van der Waals surface area contributed by atoms with Crippen LogP contribution in [0.1, 0.15) is 74.1 Å². The molecule has 0 radical (unpaired) electrons. The Labute approximate surface area is 227 Å². The minimum absolute atomic E-state index is 0.0508. The van der Waals surface area contributed by atoms with Crippen molar-refractivity contribution in [3.8, 4) is 0 Å². The Kier molecular flexibility index (Phi) is 7.61. The van der Waals surface area contributed by atoms with Crippen molar-refractivity contribution in [3.05, 3.63) is 105 Å². The van der Waals surface area contributed by atoms with E-state index in [2.05, 4.69) is 59.4 Å². The third-order valence-corrected chi connectivity index (χ3v) is 7.96. The van der Waals surface area contributed by atoms with Crippen LogP contribution in [0.2, 0.25) is 0 Å². The Morgan fingerprint density at radius 3 is 2.51 bits per heavy atom. The molecule has 2 atom stereocenters. The summed E-state index contributed by atoms with van der Waals surface area (Å²) in [5.74, 6) is 0.250. The summed E-state index contributed by atoms with van der Waals surface area (Å²) in [5, 5.41) is 3.62. The van der Waals surface area contributed by atoms with Crippen molar-refractivity contribution in [2.24, 2.45) is 0 Å². The zero-order chi connectivity index (χ0) is 25.9. The summed E-state index contributed by atoms with van der Waals surface area (Å²) in [6.45, 7) is 4.22. The second-order valence-corrected chi connectivity index (χ2v) is 11.1. The fourth-order valence-corrected chi connectivity index (χ4v) is 6.00. The third-order valence-electron chi connectivity index (χ3n) is 7.46. The highest BCUT2D eigenvalue weighted by atomic mass is 79.9. The first kappa shape index (κ1) is 25.5. The summed E-state index contributed by atoms with van der Waals surface area (Å²) < 4.78 is 0.928. The maximum Gasteiger partial charge on any atom is 0.227 e. The predicted molar refractivity (Wildman–Crippen MR) is 154 cm³/mol. The highest BCUT2D eigenvalue weighted by Gasteiger charge is 2.41. The van der Waals surface area contributed by atoms with E-state index < -0.39 is 6.04 Å². The van der Waals surface area contributed by atoms with E-state index >= 15 is 0 Å². The molecule has 0 saturated carbocycles. The standard InChI is InChI=1S/C32H33BrN2O2/c1-3-4-5-13-30(37)35-28-12-7-6-11-26(28)34-27-19-24(22-16-14-21(2)15-17-22)20-29(36)31(27)32(35)23-9-8-10-25(33)18-23/h6-12,14-18,24,32,34H,3-5,13,19-20H2,1-2H3/t24-,32+/m1/s1. The van der Waals surface area contributed by atoms with Crippen molar-refractivity contribution in [2.45, 2.75) is 64.3 Å². The Bertz CT molecular complexity index is 1340. The molecule has 1 aliphatic heterocycles. The molecule has 2 aliphatic rings. The normalized spacial score (nSPS) is 19.1. The first-order chi connectivity index (χ1) is 18.0. The van der Waals surface area contributed by atoms with Gasteiger partial charge >= 0.3 is 0 Å². The maximum atomic E-state index is 14.0. The van der Waals surface area contributed by atoms with Gasteiger partial charge in [-0.25, -0.2) is 0 Å². The van der Waals surface area contributed by atoms with E-state index in [1.165, 1.54) is 11.1 Å². The van der Waals surface area contributed by atoms with Gasteiger partial charge in [0.05, 0.1) is 17.4 Å². The molecule has 0 saturated heterocycles. The number of para-hydroxylation sites is 2. The van der Waals surface area contributed by atoms with E-state index in [1.54, 1.807) is 0 Å². The van der Waals surface area contributed by atoms with Gasteiger partial charge in [-0.2, -0.15) is 0 Å². The Balaban J connectivity index is 1.66. The molecule has 0 aromatic heterocycles. The molecule has 0 fully saturated rings. The van der Waals surface area contributed by atoms with Crippen LogP contribution in [0, 0.1) is 6.92 Å². The number of carbonyl (C=O) groups is 2. The van der Waals surface area contributed by atoms with Gasteiger partial charge in [0.1, 0.15) is 0 Å². The number of anilines is 2. The summed E-state index contributed by atoms with van der Waals surface area (Å²) in [7, 11) is 0. The third kappa shape index (κ3) is 5.28. The molecule has 0 spiro atoms. The van der Waals surface area contributed by atoms with E-state index in [1.807, 2.05) is 53.4 Å². The first-order valence-corrected chi connectivity index (χ1v) is 14.0. The van der Waals surface area contributed by atoms with E-state index in [4.69, 9.17) is 0 Å². The highest BCUT2D eigenvalue weighted by Crippen LogP contribution is 2.47. The average Bonchev–Trinajstić information content (AvgIpc) is 3.04. The number of fused-ring (bicyclic) bond motifs is 1. The van der Waals surface area contributed by atoms with E-state index in [-0.39, 0.29) is 17.6 Å². The molecule has 1 N–H and O–H groups in total. The topological polar surface area (TPSA) is 49.4 Å². The number of aryl methyl sites for hydroxylation is 1. The second kappa shape index (κ2) is 11.1. The number of Topliss-reactive ketones (excluding diaryl/α,β-unsaturated/α-hetero) is 1. The van der Waals surface area contributed by atoms with Crippen LogP contribution in [0.15, 0.2) is 88.5 Å². The van der Waals surface area contributed by atoms with Crippen LogP contribution in [-0.4, -0.2) is 11.7 Å². The van der Waals surface area contributed by atoms with Gasteiger partial charge in [-0.05, 0) is 61.1 Å². The van der Waals surface area contributed by atoms with Crippen molar-refractivity contribution in [1.82, 2.24) is 0 Å². The van der Waals surface area contributed by atoms with Gasteiger partial charge in [0.25, 0.3) is 0 Å². The van der Waals surface area contributed by atoms with Crippen molar-refractivity contribution < 1.29 is 9.59 Å². The van der Waals surface area contributed by atoms with Crippen LogP contribution in [-0.2, 0) is 9.59 Å². The zero-order valence-corrected chi connectivity index (χ0v) is 23.1. The van der Waals surface area contributed by atoms with Gasteiger partial charge in [0, 0.05) is 28.6 Å². The maximum absolute atomic E-state index is 14.0. The lowest BCUT2D eigenvalue weighted by Gasteiger charge is -2.35. The van der Waals surface area contributed by atoms with Gasteiger partial charge in [-0.15, -0.1) is 0 Å². The van der Waals surface area contributed by atoms with Crippen LogP contribution < -0.4 is 10.2 Å². The van der Waals surface area contributed by atoms with Crippen molar-refractivity contribution in [1.29, 1.82) is 0 Å². The number of amides is 1. The van der Waals surface area contributed by atoms with Crippen molar-refractivity contribution in [2.75, 3.05) is 10.2 Å². The summed E-state index contributed by atoms with van der Waals surface area (Å²) >= 11 is 3.62. The second-order valence-electron chi connectivity index (χ2n) is 10.2. The average molecular weight is 558 g/mol. The number of rotatable bonds is 6. The number of carbonyl (C=O) groups excluding carboxylic acids is 2. The number of allylic oxidation sites excluding steroid dienone is 1. The number of benzene rings is 3. The Morgan fingerprint density at radius 1 is 0.973 bits per heavy atom. The van der Waals surface area contributed by atoms with Gasteiger partial charge in [-0.3, -0.25) is 14.5 Å². The molecule has 37 heavy (non-hydrogen) atoms. The van der Waals surface area contributed by atoms with Gasteiger partial charge in [0.2, 0.25) is 5.91 Å². The number of hydrogen-bond donors (Lipinski definition) is 1. The van der Waals surface area contributed by atoms with Crippen molar-refractivity contribution in [3.63, 3.8) is 0 Å². The highest BCUT2D eigenvalue weighted by molar-refractivity contribution is 9.10. The summed E-state index contributed by atoms with van der Waals surface area (Å²) in [5.41, 5.74) is 6.64. The quantitative estimate of drug-likeness (QED) is 0.311. The molecular weight excluding hydrogens is 524 g/mol. The lowest BCUT2D eigenvalue weighted by Crippen LogP contribution is -2.38. The number of unbranched alkanes of at least 4 members (excludes halogenated alkanes) is 2. The lowest BCUT2D eigenvalue weighted by molar-refractivity contribution is -0.119. The van der Waals surface area contributed by atoms with E-state index in [0.717, 1.165) is 52.8 Å². The van der Waals surface area contributed by atoms with Gasteiger partial charge < -0.3 is 5.32 Å². The number of nitrogens with zero attached hydrogens (tertiary/aromatic N) is 1. The molecule has 4 nitrogen and oxygen atoms in total. The van der Waals surface area contributed by atoms with E-state index in [9.17, 15) is 9.59 Å². The fraction of sp³-hybridized carbons (Fsp3) is 0.312. The largest absolute Gasteiger partial charge is 0.357 e. The molecular formula is C32H33BrN2O2. The molecule has 1 amide bonds. The minimum atomic E-state index is -0.482. The number of nitrogens with one attached hydrogen (secondary N) is 1. The zero-order valence-electron chi connectivity index (χ0n) is 21.5. The number of ketones is 1. The number of halogens is 1. The molecule has 190 valence electrons. The molecule has 1 aliphatic carbocycles. The summed E-state index contributed by atoms with van der Waals surface area (Å²) in [6, 6.07) is 24.0. The molecule has 1 heterocycles. The predicted octanol–water partition coefficient (Wildman–Crippen LogP) is 8.24. The van der Waals surface area contributed by atoms with Crippen LogP contribution in [0.4, 0.5) is 11.4 Å². The summed E-state index contributed by atoms with van der Waals surface area (Å²) in [4.78, 5) is 29.8. The van der Waals surface area contributed by atoms with E-state index in [0.29, 0.717) is 18.4 Å². The Hall–Kier alpha value is -3.18. The monoisotopic (exact) mass is 556 g/mol. The summed E-state index contributed by atoms with van der Waals surface area (Å²) in [6.07, 6.45) is 4.50. The smallest absolute Gasteiger partial charge is 0.227 e. The fourth-order valence-electron chi connectivity index (χ4n) is 5.58. The minimum Gasteiger partial charge on any atom is -0.357 e. The molecule has 5 heteroatoms. The van der Waals surface area contributed by atoms with Crippen LogP contribution in [0.5, 0.6) is 0 Å². The molecule has 3 aromatic rings. The molecule has 5 rings (SSSR count). The van der Waals surface area contributed by atoms with Gasteiger partial charge in [0.15, 0.2) is 5.78 Å². The van der Waals surface area contributed by atoms with Gasteiger partial charge in [-0.1, -0.05) is 89.8 Å². The lowest BCUT2D eigenvalue weighted by atomic mass is 9.78. The molecule has 3 aromatic carbocycles. The first-order valence-electron chi connectivity index (χ1n) is 13.2. The Morgan fingerprint density at radius 2 is 1.76 bits per heavy atom. The molecule has 0 bridgehead atoms. The molecule has 0 unspecified atom stereocenters. The van der Waals surface area contributed by atoms with Crippen LogP contribution in [0.25, 0.3) is 0 Å². The van der Waals surface area contributed by atoms with Crippen LogP contribution in [0.3, 0.4) is 0 Å². The number of hydrogen-bond acceptors (Lipinski definition) is 3. The SMILES string of the molecule is CCCCCC(=O)N1c2ccccc2NC2=C(C(=O)C[C@H](c3ccc(C)cc3)C2)[C@@H]1c1cccc(Br)c1. The van der Waals surface area contributed by atoms with Crippen molar-refractivity contribution >= 4 is 39.0 Å². The van der Waals surface area contributed by atoms with Crippen LogP contribution >= 0.6 is 15.9 Å².